The fraction of sp³-hybridized carbons (Fsp3) is 0. The van der Waals surface area contributed by atoms with Crippen molar-refractivity contribution in [2.75, 3.05) is 0 Å². The number of hydrogen-bond acceptors (Lipinski definition) is 0. The highest BCUT2D eigenvalue weighted by molar-refractivity contribution is 8.01. The topological polar surface area (TPSA) is 0 Å². The molecule has 5 aromatic carbocycles. The molecule has 0 saturated heterocycles. The standard InChI is InChI=1S/C34H26P/c1-6-16-27(17-7-1)32-26-35(30-22-12-4-13-23-30,31-24-14-5-15-25-31)34(29-20-10-3-11-21-29)33(32)28-18-8-2-9-19-28/h1-26H/q+1. The maximum absolute atomic E-state index is 2.61. The zero-order valence-corrected chi connectivity index (χ0v) is 20.4. The van der Waals surface area contributed by atoms with Crippen molar-refractivity contribution in [2.45, 2.75) is 0 Å². The first-order chi connectivity index (χ1) is 17.4. The minimum Gasteiger partial charge on any atom is -0.0622 e. The molecule has 0 atom stereocenters. The lowest BCUT2D eigenvalue weighted by atomic mass is 9.92. The minimum atomic E-state index is -2.11. The monoisotopic (exact) mass is 465 g/mol. The van der Waals surface area contributed by atoms with Gasteiger partial charge in [0.05, 0.1) is 5.82 Å². The Kier molecular flexibility index (Phi) is 5.75. The van der Waals surface area contributed by atoms with Crippen LogP contribution in [0.4, 0.5) is 0 Å². The molecule has 0 radical (unpaired) electrons. The zero-order chi connectivity index (χ0) is 23.5. The summed E-state index contributed by atoms with van der Waals surface area (Å²) in [6, 6.07) is 55.0. The average Bonchev–Trinajstić information content (AvgIpc) is 3.33. The molecule has 166 valence electrons. The average molecular weight is 466 g/mol. The molecule has 1 aliphatic rings. The lowest BCUT2D eigenvalue weighted by molar-refractivity contribution is 1.59. The van der Waals surface area contributed by atoms with Gasteiger partial charge in [0.15, 0.2) is 0 Å². The van der Waals surface area contributed by atoms with Gasteiger partial charge >= 0.3 is 0 Å². The summed E-state index contributed by atoms with van der Waals surface area (Å²) >= 11 is 0. The fourth-order valence-corrected chi connectivity index (χ4v) is 9.54. The summed E-state index contributed by atoms with van der Waals surface area (Å²) in [6.45, 7) is 0. The molecule has 0 spiro atoms. The van der Waals surface area contributed by atoms with Crippen LogP contribution < -0.4 is 10.6 Å². The van der Waals surface area contributed by atoms with E-state index in [-0.39, 0.29) is 0 Å². The van der Waals surface area contributed by atoms with Gasteiger partial charge in [0.25, 0.3) is 0 Å². The third kappa shape index (κ3) is 3.77. The van der Waals surface area contributed by atoms with E-state index in [4.69, 9.17) is 0 Å². The smallest absolute Gasteiger partial charge is 0.0622 e. The summed E-state index contributed by atoms with van der Waals surface area (Å²) in [5, 5.41) is 4.19. The van der Waals surface area contributed by atoms with Crippen molar-refractivity contribution in [3.05, 3.63) is 174 Å². The first-order valence-corrected chi connectivity index (χ1v) is 13.9. The highest BCUT2D eigenvalue weighted by Gasteiger charge is 2.53. The minimum absolute atomic E-state index is 1.26. The first kappa shape index (κ1) is 21.5. The molecule has 0 aromatic heterocycles. The molecule has 0 bridgehead atoms. The van der Waals surface area contributed by atoms with Crippen LogP contribution in [0.2, 0.25) is 0 Å². The van der Waals surface area contributed by atoms with Crippen molar-refractivity contribution in [1.82, 2.24) is 0 Å². The Morgan fingerprint density at radius 1 is 0.343 bits per heavy atom. The van der Waals surface area contributed by atoms with Crippen molar-refractivity contribution in [1.29, 1.82) is 0 Å². The van der Waals surface area contributed by atoms with E-state index in [0.29, 0.717) is 0 Å². The van der Waals surface area contributed by atoms with Crippen LogP contribution in [0.15, 0.2) is 157 Å². The van der Waals surface area contributed by atoms with Gasteiger partial charge < -0.3 is 0 Å². The highest BCUT2D eigenvalue weighted by atomic mass is 31.2. The van der Waals surface area contributed by atoms with Crippen LogP contribution in [0.5, 0.6) is 0 Å². The zero-order valence-electron chi connectivity index (χ0n) is 19.5. The summed E-state index contributed by atoms with van der Waals surface area (Å²) < 4.78 is 0. The first-order valence-electron chi connectivity index (χ1n) is 12.0. The van der Waals surface area contributed by atoms with Crippen LogP contribution in [-0.2, 0) is 0 Å². The van der Waals surface area contributed by atoms with E-state index in [1.54, 1.807) is 0 Å². The molecule has 6 rings (SSSR count). The molecule has 35 heavy (non-hydrogen) atoms. The Bertz CT molecular complexity index is 1440. The van der Waals surface area contributed by atoms with Crippen molar-refractivity contribution < 1.29 is 0 Å². The second-order valence-electron chi connectivity index (χ2n) is 8.76. The molecule has 0 aliphatic carbocycles. The van der Waals surface area contributed by atoms with Gasteiger partial charge in [0.1, 0.15) is 23.2 Å². The van der Waals surface area contributed by atoms with Crippen molar-refractivity contribution in [3.63, 3.8) is 0 Å². The predicted molar refractivity (Wildman–Crippen MR) is 153 cm³/mol. The Hall–Kier alpha value is -3.99. The van der Waals surface area contributed by atoms with Gasteiger partial charge in [-0.1, -0.05) is 127 Å². The number of rotatable bonds is 5. The summed E-state index contributed by atoms with van der Waals surface area (Å²) in [6.07, 6.45) is 0. The van der Waals surface area contributed by atoms with Gasteiger partial charge in [0.2, 0.25) is 0 Å². The molecule has 0 N–H and O–H groups in total. The molecule has 0 unspecified atom stereocenters. The Morgan fingerprint density at radius 3 is 1.17 bits per heavy atom. The van der Waals surface area contributed by atoms with E-state index in [9.17, 15) is 0 Å². The second kappa shape index (κ2) is 9.34. The predicted octanol–water partition coefficient (Wildman–Crippen LogP) is 8.28. The normalized spacial score (nSPS) is 14.6. The maximum atomic E-state index is 2.61. The summed E-state index contributed by atoms with van der Waals surface area (Å²) in [5.41, 5.74) is 6.46. The van der Waals surface area contributed by atoms with E-state index in [0.717, 1.165) is 0 Å². The quantitative estimate of drug-likeness (QED) is 0.229. The second-order valence-corrected chi connectivity index (χ2v) is 11.9. The molecule has 0 amide bonds. The number of benzene rings is 5. The van der Waals surface area contributed by atoms with E-state index < -0.39 is 7.26 Å². The van der Waals surface area contributed by atoms with Gasteiger partial charge in [-0.2, -0.15) is 0 Å². The highest BCUT2D eigenvalue weighted by Crippen LogP contribution is 2.76. The molecular weight excluding hydrogens is 439 g/mol. The van der Waals surface area contributed by atoms with Gasteiger partial charge in [0, 0.05) is 16.7 Å². The maximum Gasteiger partial charge on any atom is 0.138 e. The van der Waals surface area contributed by atoms with Crippen molar-refractivity contribution >= 4 is 34.3 Å². The van der Waals surface area contributed by atoms with E-state index in [1.165, 1.54) is 43.8 Å². The van der Waals surface area contributed by atoms with Crippen LogP contribution in [0.1, 0.15) is 16.7 Å². The lowest BCUT2D eigenvalue weighted by Gasteiger charge is -2.24. The molecule has 1 heterocycles. The molecule has 0 nitrogen and oxygen atoms in total. The van der Waals surface area contributed by atoms with Gasteiger partial charge in [-0.25, -0.2) is 0 Å². The molecule has 5 aromatic rings. The third-order valence-corrected chi connectivity index (χ3v) is 10.8. The SMILES string of the molecule is C1=C(c2ccccc2)C(c2ccccc2)=C(c2ccccc2)[P+]1(c1ccccc1)c1ccccc1. The molecule has 0 saturated carbocycles. The third-order valence-electron chi connectivity index (χ3n) is 6.70. The van der Waals surface area contributed by atoms with Crippen molar-refractivity contribution in [2.24, 2.45) is 0 Å². The van der Waals surface area contributed by atoms with Crippen LogP contribution in [0.3, 0.4) is 0 Å². The fourth-order valence-electron chi connectivity index (χ4n) is 5.19. The van der Waals surface area contributed by atoms with Crippen molar-refractivity contribution in [3.8, 4) is 0 Å². The summed E-state index contributed by atoms with van der Waals surface area (Å²) in [5.74, 6) is 2.61. The molecular formula is C34H26P+. The van der Waals surface area contributed by atoms with Crippen LogP contribution in [0, 0.1) is 0 Å². The molecule has 0 fully saturated rings. The summed E-state index contributed by atoms with van der Waals surface area (Å²) in [7, 11) is -2.11. The molecule has 1 aliphatic heterocycles. The van der Waals surface area contributed by atoms with Crippen LogP contribution in [-0.4, -0.2) is 0 Å². The van der Waals surface area contributed by atoms with Crippen LogP contribution >= 0.6 is 7.26 Å². The Balaban J connectivity index is 1.80. The van der Waals surface area contributed by atoms with E-state index >= 15 is 0 Å². The van der Waals surface area contributed by atoms with Gasteiger partial charge in [-0.3, -0.25) is 0 Å². The number of allylic oxidation sites excluding steroid dienone is 2. The number of hydrogen-bond donors (Lipinski definition) is 0. The Morgan fingerprint density at radius 2 is 0.714 bits per heavy atom. The van der Waals surface area contributed by atoms with Gasteiger partial charge in [-0.15, -0.1) is 0 Å². The molecule has 1 heteroatoms. The lowest BCUT2D eigenvalue weighted by Crippen LogP contribution is -2.20. The van der Waals surface area contributed by atoms with E-state index in [1.807, 2.05) is 0 Å². The summed E-state index contributed by atoms with van der Waals surface area (Å²) in [4.78, 5) is 0. The van der Waals surface area contributed by atoms with E-state index in [2.05, 4.69) is 157 Å². The van der Waals surface area contributed by atoms with Crippen LogP contribution in [0.25, 0.3) is 16.5 Å². The Labute approximate surface area is 208 Å². The van der Waals surface area contributed by atoms with Gasteiger partial charge in [-0.05, 0) is 35.4 Å². The largest absolute Gasteiger partial charge is 0.138 e.